The first kappa shape index (κ1) is 18.8. The predicted molar refractivity (Wildman–Crippen MR) is 122 cm³/mol. The average Bonchev–Trinajstić information content (AvgIpc) is 3.16. The Balaban J connectivity index is 1.32. The van der Waals surface area contributed by atoms with Gasteiger partial charge in [-0.2, -0.15) is 0 Å². The number of amides is 1. The molecule has 0 aliphatic heterocycles. The molecule has 0 saturated heterocycles. The summed E-state index contributed by atoms with van der Waals surface area (Å²) in [5.41, 5.74) is 2.36. The van der Waals surface area contributed by atoms with E-state index in [9.17, 15) is 4.79 Å². The van der Waals surface area contributed by atoms with E-state index in [4.69, 9.17) is 4.98 Å². The molecule has 1 saturated carbocycles. The smallest absolute Gasteiger partial charge is 0.230 e. The normalized spacial score (nSPS) is 16.3. The first-order valence-electron chi connectivity index (χ1n) is 10.4. The quantitative estimate of drug-likeness (QED) is 0.431. The van der Waals surface area contributed by atoms with Crippen LogP contribution in [0.5, 0.6) is 0 Å². The van der Waals surface area contributed by atoms with Gasteiger partial charge in [0, 0.05) is 15.7 Å². The van der Waals surface area contributed by atoms with Gasteiger partial charge in [-0.3, -0.25) is 9.20 Å². The van der Waals surface area contributed by atoms with E-state index in [1.165, 1.54) is 53.3 Å². The van der Waals surface area contributed by atoms with Crippen LogP contribution in [0, 0.1) is 0 Å². The summed E-state index contributed by atoms with van der Waals surface area (Å²) in [5.74, 6) is 1.90. The number of carbonyl (C=O) groups excluding carboxylic acids is 1. The van der Waals surface area contributed by atoms with Crippen LogP contribution in [0.25, 0.3) is 15.9 Å². The Bertz CT molecular complexity index is 1240. The molecule has 6 nitrogen and oxygen atoms in total. The van der Waals surface area contributed by atoms with E-state index in [1.807, 2.05) is 28.8 Å². The van der Waals surface area contributed by atoms with Crippen molar-refractivity contribution in [1.82, 2.24) is 24.9 Å². The van der Waals surface area contributed by atoms with Gasteiger partial charge in [-0.25, -0.2) is 4.98 Å². The molecule has 6 rings (SSSR count). The van der Waals surface area contributed by atoms with Crippen molar-refractivity contribution in [2.45, 2.75) is 56.1 Å². The molecule has 1 N–H and O–H groups in total. The first-order chi connectivity index (χ1) is 14.8. The number of thioether (sulfide) groups is 1. The molecule has 30 heavy (non-hydrogen) atoms. The minimum absolute atomic E-state index is 0.0140. The number of rotatable bonds is 6. The van der Waals surface area contributed by atoms with E-state index in [-0.39, 0.29) is 5.91 Å². The number of hydrogen-bond acceptors (Lipinski definition) is 7. The zero-order valence-corrected chi connectivity index (χ0v) is 18.8. The number of aromatic nitrogens is 4. The van der Waals surface area contributed by atoms with Crippen LogP contribution < -0.4 is 5.32 Å². The second-order valence-electron chi connectivity index (χ2n) is 7.92. The van der Waals surface area contributed by atoms with Crippen molar-refractivity contribution in [3.05, 3.63) is 38.7 Å². The SMILES string of the molecule is O=C(CSc1nnc2c3c4c(sc3nc(C3CC3)n12)CCCC4)NCc1cccs1. The fraction of sp³-hybridized carbons (Fsp3) is 0.429. The Labute approximate surface area is 186 Å². The van der Waals surface area contributed by atoms with E-state index in [0.717, 1.165) is 39.2 Å². The molecule has 0 atom stereocenters. The number of nitrogens with one attached hydrogen (secondary N) is 1. The monoisotopic (exact) mass is 455 g/mol. The highest BCUT2D eigenvalue weighted by molar-refractivity contribution is 7.99. The molecule has 0 bridgehead atoms. The highest BCUT2D eigenvalue weighted by atomic mass is 32.2. The summed E-state index contributed by atoms with van der Waals surface area (Å²) in [6, 6.07) is 4.03. The van der Waals surface area contributed by atoms with Crippen LogP contribution in [0.4, 0.5) is 0 Å². The maximum atomic E-state index is 12.4. The Morgan fingerprint density at radius 3 is 3.00 bits per heavy atom. The summed E-state index contributed by atoms with van der Waals surface area (Å²) in [6.07, 6.45) is 7.09. The molecule has 1 amide bonds. The molecule has 0 aromatic carbocycles. The number of thiophene rings is 2. The van der Waals surface area contributed by atoms with E-state index >= 15 is 0 Å². The van der Waals surface area contributed by atoms with E-state index < -0.39 is 0 Å². The Morgan fingerprint density at radius 1 is 1.27 bits per heavy atom. The standard InChI is InChI=1S/C21H21N5OS3/c27-16(22-10-13-4-3-9-28-13)11-29-21-25-24-19-17-14-5-1-2-6-15(14)30-20(17)23-18(26(19)21)12-7-8-12/h3-4,9,12H,1-2,5-8,10-11H2,(H,22,27). The van der Waals surface area contributed by atoms with Gasteiger partial charge in [0.1, 0.15) is 10.7 Å². The second-order valence-corrected chi connectivity index (χ2v) is 11.0. The van der Waals surface area contributed by atoms with Gasteiger partial charge in [-0.05, 0) is 55.5 Å². The topological polar surface area (TPSA) is 72.2 Å². The van der Waals surface area contributed by atoms with Gasteiger partial charge in [0.2, 0.25) is 5.91 Å². The fourth-order valence-corrected chi connectivity index (χ4v) is 6.82. The fourth-order valence-electron chi connectivity index (χ4n) is 4.14. The van der Waals surface area contributed by atoms with Crippen molar-refractivity contribution in [3.8, 4) is 0 Å². The molecular formula is C21H21N5OS3. The number of aryl methyl sites for hydroxylation is 2. The molecule has 4 aromatic rings. The Morgan fingerprint density at radius 2 is 2.17 bits per heavy atom. The number of hydrogen-bond donors (Lipinski definition) is 1. The van der Waals surface area contributed by atoms with Crippen LogP contribution in [0.1, 0.15) is 52.7 Å². The van der Waals surface area contributed by atoms with Gasteiger partial charge in [-0.15, -0.1) is 32.9 Å². The molecule has 154 valence electrons. The largest absolute Gasteiger partial charge is 0.350 e. The zero-order valence-electron chi connectivity index (χ0n) is 16.4. The van der Waals surface area contributed by atoms with Crippen molar-refractivity contribution in [1.29, 1.82) is 0 Å². The van der Waals surface area contributed by atoms with Crippen LogP contribution in [-0.4, -0.2) is 31.2 Å². The van der Waals surface area contributed by atoms with Crippen LogP contribution in [0.2, 0.25) is 0 Å². The lowest BCUT2D eigenvalue weighted by Gasteiger charge is -2.11. The van der Waals surface area contributed by atoms with Crippen molar-refractivity contribution in [3.63, 3.8) is 0 Å². The second kappa shape index (κ2) is 7.62. The van der Waals surface area contributed by atoms with E-state index in [2.05, 4.69) is 19.9 Å². The van der Waals surface area contributed by atoms with Crippen molar-refractivity contribution in [2.24, 2.45) is 0 Å². The zero-order chi connectivity index (χ0) is 20.1. The summed E-state index contributed by atoms with van der Waals surface area (Å²) in [6.45, 7) is 0.578. The lowest BCUT2D eigenvalue weighted by molar-refractivity contribution is -0.118. The highest BCUT2D eigenvalue weighted by Gasteiger charge is 2.32. The van der Waals surface area contributed by atoms with Crippen molar-refractivity contribution >= 4 is 56.2 Å². The lowest BCUT2D eigenvalue weighted by Crippen LogP contribution is -2.24. The van der Waals surface area contributed by atoms with Gasteiger partial charge >= 0.3 is 0 Å². The average molecular weight is 456 g/mol. The first-order valence-corrected chi connectivity index (χ1v) is 13.1. The summed E-state index contributed by atoms with van der Waals surface area (Å²) in [4.78, 5) is 21.2. The molecule has 2 aliphatic carbocycles. The maximum absolute atomic E-state index is 12.4. The van der Waals surface area contributed by atoms with E-state index in [1.54, 1.807) is 11.3 Å². The Kier molecular flexibility index (Phi) is 4.77. The summed E-state index contributed by atoms with van der Waals surface area (Å²) in [7, 11) is 0. The van der Waals surface area contributed by atoms with Crippen molar-refractivity contribution < 1.29 is 4.79 Å². The van der Waals surface area contributed by atoms with Crippen molar-refractivity contribution in [2.75, 3.05) is 5.75 Å². The highest BCUT2D eigenvalue weighted by Crippen LogP contribution is 2.44. The van der Waals surface area contributed by atoms with Gasteiger partial charge in [0.25, 0.3) is 0 Å². The molecule has 4 heterocycles. The van der Waals surface area contributed by atoms with Gasteiger partial charge in [0.05, 0.1) is 17.7 Å². The van der Waals surface area contributed by atoms with Gasteiger partial charge in [-0.1, -0.05) is 17.8 Å². The summed E-state index contributed by atoms with van der Waals surface area (Å²) < 4.78 is 2.14. The third-order valence-corrected chi connectivity index (χ3v) is 8.76. The third kappa shape index (κ3) is 3.33. The molecule has 2 aliphatic rings. The molecular weight excluding hydrogens is 434 g/mol. The molecule has 1 fully saturated rings. The minimum atomic E-state index is 0.0140. The number of carbonyl (C=O) groups is 1. The molecule has 4 aromatic heterocycles. The van der Waals surface area contributed by atoms with Crippen LogP contribution in [0.3, 0.4) is 0 Å². The van der Waals surface area contributed by atoms with Crippen LogP contribution >= 0.6 is 34.4 Å². The van der Waals surface area contributed by atoms with Gasteiger partial charge < -0.3 is 5.32 Å². The molecule has 0 spiro atoms. The lowest BCUT2D eigenvalue weighted by atomic mass is 9.97. The predicted octanol–water partition coefficient (Wildman–Crippen LogP) is 4.57. The number of fused-ring (bicyclic) bond motifs is 5. The maximum Gasteiger partial charge on any atom is 0.230 e. The molecule has 0 unspecified atom stereocenters. The number of nitrogens with zero attached hydrogens (tertiary/aromatic N) is 4. The molecule has 9 heteroatoms. The van der Waals surface area contributed by atoms with E-state index in [0.29, 0.717) is 18.2 Å². The van der Waals surface area contributed by atoms with Gasteiger partial charge in [0.15, 0.2) is 10.8 Å². The van der Waals surface area contributed by atoms with Crippen LogP contribution in [0.15, 0.2) is 22.7 Å². The third-order valence-electron chi connectivity index (χ3n) is 5.77. The Hall–Kier alpha value is -1.97. The minimum Gasteiger partial charge on any atom is -0.350 e. The summed E-state index contributed by atoms with van der Waals surface area (Å²) >= 11 is 4.95. The van der Waals surface area contributed by atoms with Crippen LogP contribution in [-0.2, 0) is 24.2 Å². The molecule has 0 radical (unpaired) electrons. The summed E-state index contributed by atoms with van der Waals surface area (Å²) in [5, 5.41) is 16.1.